The molecule has 1 heterocycles. The molecule has 6 nitrogen and oxygen atoms in total. The third-order valence-corrected chi connectivity index (χ3v) is 7.23. The van der Waals surface area contributed by atoms with Crippen LogP contribution in [0.1, 0.15) is 45.4 Å². The van der Waals surface area contributed by atoms with Crippen molar-refractivity contribution in [3.8, 4) is 0 Å². The van der Waals surface area contributed by atoms with E-state index in [1.807, 2.05) is 0 Å². The minimum atomic E-state index is -0.528. The van der Waals surface area contributed by atoms with Gasteiger partial charge in [-0.1, -0.05) is 0 Å². The molecule has 4 aliphatic rings. The number of thioether (sulfide) groups is 1. The highest BCUT2D eigenvalue weighted by atomic mass is 32.2. The van der Waals surface area contributed by atoms with E-state index in [1.54, 1.807) is 25.1 Å². The lowest BCUT2D eigenvalue weighted by Crippen LogP contribution is -2.62. The number of pyridine rings is 1. The maximum atomic E-state index is 12.4. The van der Waals surface area contributed by atoms with E-state index in [-0.39, 0.29) is 11.4 Å². The van der Waals surface area contributed by atoms with E-state index in [9.17, 15) is 14.8 Å². The van der Waals surface area contributed by atoms with Crippen LogP contribution in [0.5, 0.6) is 0 Å². The van der Waals surface area contributed by atoms with Crippen LogP contribution in [0.3, 0.4) is 0 Å². The van der Waals surface area contributed by atoms with Gasteiger partial charge in [0.1, 0.15) is 0 Å². The van der Waals surface area contributed by atoms with Crippen molar-refractivity contribution in [3.63, 3.8) is 0 Å². The van der Waals surface area contributed by atoms with Crippen LogP contribution < -0.4 is 15.4 Å². The number of aromatic nitrogens is 1. The zero-order valence-corrected chi connectivity index (χ0v) is 15.8. The first kappa shape index (κ1) is 17.6. The molecule has 7 heteroatoms. The zero-order chi connectivity index (χ0) is 18.3. The maximum Gasteiger partial charge on any atom is 0.321 e. The molecule has 4 saturated carbocycles. The van der Waals surface area contributed by atoms with Gasteiger partial charge in [-0.3, -0.25) is 10.1 Å². The summed E-state index contributed by atoms with van der Waals surface area (Å²) in [7, 11) is 0. The number of rotatable bonds is 4. The monoisotopic (exact) mass is 375 g/mol. The van der Waals surface area contributed by atoms with Gasteiger partial charge in [0.25, 0.3) is 5.03 Å². The van der Waals surface area contributed by atoms with E-state index in [0.717, 1.165) is 53.5 Å². The Morgan fingerprint density at radius 2 is 1.81 bits per heavy atom. The summed E-state index contributed by atoms with van der Waals surface area (Å²) in [6.07, 6.45) is 8.46. The number of carbonyl (C=O) groups excluding carboxylic acids is 2. The largest absolute Gasteiger partial charge is 0.618 e. The zero-order valence-electron chi connectivity index (χ0n) is 14.9. The van der Waals surface area contributed by atoms with Crippen molar-refractivity contribution in [1.82, 2.24) is 10.6 Å². The van der Waals surface area contributed by atoms with Gasteiger partial charge >= 0.3 is 6.03 Å². The third-order valence-electron chi connectivity index (χ3n) is 6.11. The second kappa shape index (κ2) is 6.76. The number of amides is 3. The van der Waals surface area contributed by atoms with Crippen molar-refractivity contribution < 1.29 is 14.3 Å². The first-order valence-electron chi connectivity index (χ1n) is 9.40. The molecule has 1 atom stereocenters. The van der Waals surface area contributed by atoms with Crippen molar-refractivity contribution in [2.75, 3.05) is 0 Å². The van der Waals surface area contributed by atoms with E-state index >= 15 is 0 Å². The molecule has 0 unspecified atom stereocenters. The minimum absolute atomic E-state index is 0.118. The first-order valence-corrected chi connectivity index (χ1v) is 10.3. The number of nitrogens with one attached hydrogen (secondary N) is 2. The fourth-order valence-corrected chi connectivity index (χ4v) is 6.34. The normalized spacial score (nSPS) is 32.9. The van der Waals surface area contributed by atoms with Crippen molar-refractivity contribution >= 4 is 23.7 Å². The quantitative estimate of drug-likeness (QED) is 0.481. The fourth-order valence-electron chi connectivity index (χ4n) is 5.49. The molecular weight excluding hydrogens is 350 g/mol. The highest BCUT2D eigenvalue weighted by Crippen LogP contribution is 2.55. The van der Waals surface area contributed by atoms with E-state index in [1.165, 1.54) is 25.5 Å². The molecule has 2 N–H and O–H groups in total. The Bertz CT molecular complexity index is 688. The van der Waals surface area contributed by atoms with Crippen LogP contribution in [0.4, 0.5) is 4.79 Å². The van der Waals surface area contributed by atoms with Gasteiger partial charge in [-0.15, -0.1) is 0 Å². The van der Waals surface area contributed by atoms with Crippen LogP contribution >= 0.6 is 11.8 Å². The standard InChI is InChI=1S/C19H25N3O3S/c1-12(26-16-4-2-3-5-22(16)25)17(23)20-18(24)21-19-9-13-6-14(10-19)8-15(7-13)11-19/h2-5,12-15H,6-11H2,1H3,(H2,20,21,23,24)/t12-,13?,14?,15?,19?/m1/s1. The SMILES string of the molecule is C[C@@H](Sc1cccc[n+]1[O-])C(=O)NC(=O)NC12CC3CC(CC(C3)C1)C2. The first-order chi connectivity index (χ1) is 12.4. The molecule has 3 amide bonds. The lowest BCUT2D eigenvalue weighted by Gasteiger charge is -2.56. The van der Waals surface area contributed by atoms with Crippen LogP contribution in [-0.2, 0) is 4.79 Å². The number of carbonyl (C=O) groups is 2. The number of hydrogen-bond donors (Lipinski definition) is 2. The number of hydrogen-bond acceptors (Lipinski definition) is 4. The highest BCUT2D eigenvalue weighted by Gasteiger charge is 2.51. The molecule has 140 valence electrons. The minimum Gasteiger partial charge on any atom is -0.618 e. The predicted octanol–water partition coefficient (Wildman–Crippen LogP) is 2.60. The summed E-state index contributed by atoms with van der Waals surface area (Å²) in [6.45, 7) is 1.70. The Morgan fingerprint density at radius 3 is 2.38 bits per heavy atom. The van der Waals surface area contributed by atoms with Crippen molar-refractivity contribution in [1.29, 1.82) is 0 Å². The Balaban J connectivity index is 1.33. The average molecular weight is 375 g/mol. The van der Waals surface area contributed by atoms with Crippen molar-refractivity contribution in [3.05, 3.63) is 29.6 Å². The molecule has 26 heavy (non-hydrogen) atoms. The summed E-state index contributed by atoms with van der Waals surface area (Å²) in [6, 6.07) is 4.66. The van der Waals surface area contributed by atoms with Gasteiger partial charge in [0.2, 0.25) is 5.91 Å². The van der Waals surface area contributed by atoms with E-state index in [4.69, 9.17) is 0 Å². The van der Waals surface area contributed by atoms with E-state index in [2.05, 4.69) is 10.6 Å². The Labute approximate surface area is 157 Å². The van der Waals surface area contributed by atoms with E-state index < -0.39 is 11.3 Å². The summed E-state index contributed by atoms with van der Waals surface area (Å²) in [5, 5.41) is 17.2. The third kappa shape index (κ3) is 3.54. The van der Waals surface area contributed by atoms with Crippen LogP contribution in [0.15, 0.2) is 29.4 Å². The van der Waals surface area contributed by atoms with Crippen molar-refractivity contribution in [2.45, 2.75) is 61.3 Å². The van der Waals surface area contributed by atoms with Gasteiger partial charge in [0, 0.05) is 17.7 Å². The van der Waals surface area contributed by atoms with Crippen LogP contribution in [0, 0.1) is 23.0 Å². The summed E-state index contributed by atoms with van der Waals surface area (Å²) in [5.74, 6) is 1.83. The maximum absolute atomic E-state index is 12.4. The molecule has 0 aromatic carbocycles. The Morgan fingerprint density at radius 1 is 1.19 bits per heavy atom. The fraction of sp³-hybridized carbons (Fsp3) is 0.632. The summed E-state index contributed by atoms with van der Waals surface area (Å²) in [5.41, 5.74) is -0.118. The molecule has 4 bridgehead atoms. The van der Waals surface area contributed by atoms with Gasteiger partial charge in [-0.05, 0) is 81.0 Å². The molecule has 4 fully saturated rings. The summed E-state index contributed by atoms with van der Waals surface area (Å²) < 4.78 is 0.726. The molecule has 5 rings (SSSR count). The molecule has 0 spiro atoms. The van der Waals surface area contributed by atoms with Crippen molar-refractivity contribution in [2.24, 2.45) is 17.8 Å². The summed E-state index contributed by atoms with van der Waals surface area (Å²) in [4.78, 5) is 24.8. The van der Waals surface area contributed by atoms with Crippen LogP contribution in [0.2, 0.25) is 0 Å². The van der Waals surface area contributed by atoms with Gasteiger partial charge in [0.15, 0.2) is 6.20 Å². The van der Waals surface area contributed by atoms with Gasteiger partial charge in [0.05, 0.1) is 5.25 Å². The van der Waals surface area contributed by atoms with Gasteiger partial charge in [-0.25, -0.2) is 4.79 Å². The Kier molecular flexibility index (Phi) is 4.59. The van der Waals surface area contributed by atoms with Gasteiger partial charge < -0.3 is 10.5 Å². The number of imide groups is 1. The second-order valence-electron chi connectivity index (χ2n) is 8.27. The van der Waals surface area contributed by atoms with Crippen LogP contribution in [-0.4, -0.2) is 22.7 Å². The molecule has 1 aromatic rings. The smallest absolute Gasteiger partial charge is 0.321 e. The van der Waals surface area contributed by atoms with Gasteiger partial charge in [-0.2, -0.15) is 4.73 Å². The average Bonchev–Trinajstić information content (AvgIpc) is 2.54. The molecule has 0 saturated heterocycles. The molecule has 1 aromatic heterocycles. The summed E-state index contributed by atoms with van der Waals surface area (Å²) >= 11 is 1.15. The Hall–Kier alpha value is -1.76. The van der Waals surface area contributed by atoms with E-state index in [0.29, 0.717) is 5.03 Å². The molecule has 0 aliphatic heterocycles. The lowest BCUT2D eigenvalue weighted by molar-refractivity contribution is -0.645. The molecule has 4 aliphatic carbocycles. The molecule has 0 radical (unpaired) electrons. The molecular formula is C19H25N3O3S. The number of urea groups is 1. The van der Waals surface area contributed by atoms with Crippen LogP contribution in [0.25, 0.3) is 0 Å². The predicted molar refractivity (Wildman–Crippen MR) is 98.3 cm³/mol. The topological polar surface area (TPSA) is 85.1 Å². The highest BCUT2D eigenvalue weighted by molar-refractivity contribution is 8.00. The number of nitrogens with zero attached hydrogens (tertiary/aromatic N) is 1. The lowest BCUT2D eigenvalue weighted by atomic mass is 9.53. The second-order valence-corrected chi connectivity index (χ2v) is 9.63.